The van der Waals surface area contributed by atoms with Crippen molar-refractivity contribution in [3.63, 3.8) is 0 Å². The number of nitrogens with one attached hydrogen (secondary N) is 1. The number of fused-ring (bicyclic) bond motifs is 3. The van der Waals surface area contributed by atoms with Crippen molar-refractivity contribution in [2.45, 2.75) is 95.8 Å². The fraction of sp³-hybridized carbons (Fsp3) is 0.396. The molecule has 3 aliphatic carbocycles. The molecule has 1 saturated carbocycles. The van der Waals surface area contributed by atoms with Gasteiger partial charge < -0.3 is 41.3 Å². The Bertz CT molecular complexity index is 2560. The molecule has 4 aromatic carbocycles. The molecular weight excluding hydrogens is 870 g/mol. The Kier molecular flexibility index (Phi) is 14.5. The number of aliphatic hydroxyl groups is 4. The summed E-state index contributed by atoms with van der Waals surface area (Å²) in [5.74, 6) is -9.31. The van der Waals surface area contributed by atoms with E-state index in [0.29, 0.717) is 12.0 Å². The van der Waals surface area contributed by atoms with Crippen LogP contribution in [0.3, 0.4) is 0 Å². The number of amides is 2. The van der Waals surface area contributed by atoms with Crippen molar-refractivity contribution in [3.8, 4) is 11.5 Å². The normalized spacial score (nSPS) is 22.6. The summed E-state index contributed by atoms with van der Waals surface area (Å²) >= 11 is 0. The number of ketones is 2. The van der Waals surface area contributed by atoms with Crippen LogP contribution >= 0.6 is 7.26 Å². The molecule has 4 aromatic rings. The number of rotatable bonds is 17. The van der Waals surface area contributed by atoms with E-state index in [0.717, 1.165) is 50.4 Å². The third-order valence-electron chi connectivity index (χ3n) is 14.3. The van der Waals surface area contributed by atoms with Gasteiger partial charge in [0.05, 0.1) is 42.6 Å². The molecule has 0 aliphatic heterocycles. The second-order valence-electron chi connectivity index (χ2n) is 18.7. The number of anilines is 1. The number of primary amides is 1. The molecule has 0 bridgehead atoms. The minimum absolute atomic E-state index is 0.0125. The van der Waals surface area contributed by atoms with Gasteiger partial charge in [0.15, 0.2) is 11.4 Å². The Morgan fingerprint density at radius 3 is 1.84 bits per heavy atom. The van der Waals surface area contributed by atoms with Gasteiger partial charge in [0.2, 0.25) is 11.7 Å². The Labute approximate surface area is 392 Å². The van der Waals surface area contributed by atoms with Gasteiger partial charge in [-0.3, -0.25) is 24.1 Å². The van der Waals surface area contributed by atoms with Gasteiger partial charge in [0.25, 0.3) is 5.91 Å². The number of aromatic hydroxyl groups is 1. The summed E-state index contributed by atoms with van der Waals surface area (Å²) in [4.78, 5) is 54.6. The van der Waals surface area contributed by atoms with E-state index >= 15 is 0 Å². The van der Waals surface area contributed by atoms with Crippen LogP contribution < -0.4 is 31.7 Å². The number of carbonyl (C=O) groups is 4. The highest BCUT2D eigenvalue weighted by Crippen LogP contribution is 2.58. The van der Waals surface area contributed by atoms with E-state index in [1.807, 2.05) is 0 Å². The second kappa shape index (κ2) is 19.8. The van der Waals surface area contributed by atoms with Crippen molar-refractivity contribution in [1.82, 2.24) is 4.90 Å². The summed E-state index contributed by atoms with van der Waals surface area (Å²) < 4.78 is 5.53. The van der Waals surface area contributed by atoms with Gasteiger partial charge in [0.1, 0.15) is 51.8 Å². The summed E-state index contributed by atoms with van der Waals surface area (Å²) in [5.41, 5.74) is 3.53. The SMILES string of the molecule is COc1ccc([P+](CCCCCCCCCC(=O)Nc2ccc3c(c2O)C(O)=C2C(=O)[C@]4(O)C(O)=C(C(N)=O)C(=O)[C@@H](N(C)C)[C@@H]4[C@@H](O)[C@@H]2[C@H]3C)(c2ccc(C)cc2)c2ccc(C)cc2)cc1. The summed E-state index contributed by atoms with van der Waals surface area (Å²) in [6, 6.07) is 28.2. The molecular formula is C53H63N3O10P+. The number of ether oxygens (including phenoxy) is 1. The molecule has 3 aliphatic rings. The molecule has 0 heterocycles. The quantitative estimate of drug-likeness (QED) is 0.0275. The van der Waals surface area contributed by atoms with Crippen molar-refractivity contribution >= 4 is 58.0 Å². The zero-order valence-electron chi connectivity index (χ0n) is 39.1. The number of nitrogens with two attached hydrogens (primary N) is 1. The predicted octanol–water partition coefficient (Wildman–Crippen LogP) is 6.17. The van der Waals surface area contributed by atoms with Crippen LogP contribution in [0, 0.1) is 25.7 Å². The number of benzene rings is 4. The van der Waals surface area contributed by atoms with E-state index < -0.39 is 88.7 Å². The van der Waals surface area contributed by atoms with Crippen LogP contribution in [0.2, 0.25) is 0 Å². The fourth-order valence-corrected chi connectivity index (χ4v) is 15.1. The number of aryl methyl sites for hydroxylation is 2. The highest BCUT2D eigenvalue weighted by atomic mass is 31.2. The molecule has 0 aromatic heterocycles. The first-order valence-corrected chi connectivity index (χ1v) is 25.0. The van der Waals surface area contributed by atoms with Gasteiger partial charge >= 0.3 is 0 Å². The largest absolute Gasteiger partial charge is 0.508 e. The topological polar surface area (TPSA) is 220 Å². The molecule has 0 saturated heterocycles. The third-order valence-corrected chi connectivity index (χ3v) is 18.8. The van der Waals surface area contributed by atoms with Crippen LogP contribution in [0.4, 0.5) is 5.69 Å². The molecule has 7 rings (SSSR count). The smallest absolute Gasteiger partial charge is 0.255 e. The van der Waals surface area contributed by atoms with Crippen molar-refractivity contribution < 1.29 is 49.4 Å². The standard InChI is InChI=1S/C53H62N3O10P/c1-30-15-21-34(22-16-30)67(35-23-17-31(2)18-24-35,36-25-19-33(66-6)20-26-36)29-13-11-9-7-8-10-12-14-39(57)55-38-28-27-37-32(3)40-42(47(59)41(37)46(38)58)50(62)53(65)44(48(40)60)45(56(4)5)49(61)43(51(53)63)52(54)64/h15-28,32,40,44-45,48,60,65H,7-14,29H2,1-6H3,(H5-,54,55,57,58,59,61,62,63,64)/p+1/t32-,40+,44+,45-,48-,53-/m0/s1. The molecule has 6 atom stereocenters. The van der Waals surface area contributed by atoms with Gasteiger partial charge in [-0.25, -0.2) is 0 Å². The molecule has 354 valence electrons. The van der Waals surface area contributed by atoms with E-state index in [1.165, 1.54) is 52.1 Å². The van der Waals surface area contributed by atoms with E-state index in [-0.39, 0.29) is 23.6 Å². The van der Waals surface area contributed by atoms with Crippen molar-refractivity contribution in [2.75, 3.05) is 32.7 Å². The third kappa shape index (κ3) is 8.79. The lowest BCUT2D eigenvalue weighted by Gasteiger charge is -2.53. The van der Waals surface area contributed by atoms with Crippen LogP contribution in [-0.2, 0) is 19.2 Å². The number of nitrogens with zero attached hydrogens (tertiary/aromatic N) is 1. The lowest BCUT2D eigenvalue weighted by atomic mass is 9.54. The van der Waals surface area contributed by atoms with Crippen LogP contribution in [0.5, 0.6) is 11.5 Å². The Hall–Kier alpha value is -5.85. The predicted molar refractivity (Wildman–Crippen MR) is 262 cm³/mol. The van der Waals surface area contributed by atoms with Gasteiger partial charge in [-0.2, -0.15) is 0 Å². The van der Waals surface area contributed by atoms with Gasteiger partial charge in [-0.05, 0) is 113 Å². The van der Waals surface area contributed by atoms with Crippen molar-refractivity contribution in [2.24, 2.45) is 17.6 Å². The number of hydrogen-bond acceptors (Lipinski definition) is 11. The van der Waals surface area contributed by atoms with Gasteiger partial charge in [0, 0.05) is 17.9 Å². The molecule has 0 spiro atoms. The van der Waals surface area contributed by atoms with Crippen LogP contribution in [0.15, 0.2) is 102 Å². The summed E-state index contributed by atoms with van der Waals surface area (Å²) in [6.07, 6.45) is 6.14. The Morgan fingerprint density at radius 1 is 0.791 bits per heavy atom. The van der Waals surface area contributed by atoms with E-state index in [2.05, 4.69) is 92.0 Å². The fourth-order valence-electron chi connectivity index (χ4n) is 10.7. The zero-order chi connectivity index (χ0) is 48.5. The summed E-state index contributed by atoms with van der Waals surface area (Å²) in [5, 5.41) is 65.0. The van der Waals surface area contributed by atoms with Crippen molar-refractivity contribution in [3.05, 3.63) is 124 Å². The zero-order valence-corrected chi connectivity index (χ0v) is 40.0. The van der Waals surface area contributed by atoms with Gasteiger partial charge in [-0.15, -0.1) is 0 Å². The molecule has 1 fully saturated rings. The number of methoxy groups -OCH3 is 1. The maximum atomic E-state index is 14.3. The number of likely N-dealkylation sites (N-methyl/N-ethyl adjacent to an activating group) is 1. The first kappa shape index (κ1) is 49.1. The number of aliphatic hydroxyl groups excluding tert-OH is 3. The monoisotopic (exact) mass is 932 g/mol. The number of Topliss-reactive ketones (excluding diaryl/α,β-unsaturated/α-hetero) is 2. The maximum Gasteiger partial charge on any atom is 0.255 e. The lowest BCUT2D eigenvalue weighted by molar-refractivity contribution is -0.169. The van der Waals surface area contributed by atoms with E-state index in [9.17, 15) is 44.7 Å². The number of phenols is 1. The van der Waals surface area contributed by atoms with Crippen molar-refractivity contribution in [1.29, 1.82) is 0 Å². The highest BCUT2D eigenvalue weighted by molar-refractivity contribution is 7.95. The minimum Gasteiger partial charge on any atom is -0.508 e. The van der Waals surface area contributed by atoms with Gasteiger partial charge in [-0.1, -0.05) is 74.1 Å². The van der Waals surface area contributed by atoms with Crippen LogP contribution in [0.1, 0.15) is 86.5 Å². The lowest BCUT2D eigenvalue weighted by Crippen LogP contribution is -2.70. The second-order valence-corrected chi connectivity index (χ2v) is 22.3. The number of hydrogen-bond donors (Lipinski definition) is 7. The van der Waals surface area contributed by atoms with Crippen LogP contribution in [0.25, 0.3) is 5.76 Å². The maximum absolute atomic E-state index is 14.3. The molecule has 67 heavy (non-hydrogen) atoms. The van der Waals surface area contributed by atoms with E-state index in [4.69, 9.17) is 10.5 Å². The average Bonchev–Trinajstić information content (AvgIpc) is 3.29. The molecule has 8 N–H and O–H groups in total. The summed E-state index contributed by atoms with van der Waals surface area (Å²) in [6.45, 7) is 5.89. The number of unbranched alkanes of at least 4 members (excludes halogenated alkanes) is 6. The molecule has 2 amide bonds. The average molecular weight is 933 g/mol. The first-order chi connectivity index (χ1) is 31.9. The molecule has 14 heteroatoms. The Balaban J connectivity index is 0.979. The summed E-state index contributed by atoms with van der Waals surface area (Å²) in [7, 11) is 2.61. The highest BCUT2D eigenvalue weighted by Gasteiger charge is 2.68. The number of carbonyl (C=O) groups excluding carboxylic acids is 4. The van der Waals surface area contributed by atoms with Crippen LogP contribution in [-0.4, -0.2) is 98.9 Å². The molecule has 0 unspecified atom stereocenters. The molecule has 13 nitrogen and oxygen atoms in total. The first-order valence-electron chi connectivity index (χ1n) is 23.1. The number of phenolic OH excluding ortho intramolecular Hbond substituents is 1. The van der Waals surface area contributed by atoms with E-state index in [1.54, 1.807) is 20.1 Å². The minimum atomic E-state index is -3.01. The molecule has 0 radical (unpaired) electrons. The Morgan fingerprint density at radius 2 is 1.31 bits per heavy atom.